The maximum absolute atomic E-state index is 14.2. The van der Waals surface area contributed by atoms with E-state index in [0.717, 1.165) is 6.29 Å². The maximum atomic E-state index is 14.2. The second-order valence-corrected chi connectivity index (χ2v) is 3.76. The summed E-state index contributed by atoms with van der Waals surface area (Å²) in [5.41, 5.74) is 1.42. The van der Waals surface area contributed by atoms with Crippen molar-refractivity contribution in [3.63, 3.8) is 0 Å². The summed E-state index contributed by atoms with van der Waals surface area (Å²) in [7, 11) is 0. The van der Waals surface area contributed by atoms with Crippen LogP contribution >= 0.6 is 0 Å². The van der Waals surface area contributed by atoms with E-state index < -0.39 is 5.82 Å². The SMILES string of the molecule is CCOc1cccc(-c2ccccc2C=O)c1F. The van der Waals surface area contributed by atoms with E-state index in [2.05, 4.69) is 0 Å². The minimum Gasteiger partial charge on any atom is -0.491 e. The molecular formula is C15H13FO2. The van der Waals surface area contributed by atoms with Gasteiger partial charge >= 0.3 is 0 Å². The fourth-order valence-corrected chi connectivity index (χ4v) is 1.83. The van der Waals surface area contributed by atoms with Crippen LogP contribution in [0.25, 0.3) is 11.1 Å². The van der Waals surface area contributed by atoms with Crippen LogP contribution in [0.2, 0.25) is 0 Å². The number of aldehydes is 1. The number of benzene rings is 2. The van der Waals surface area contributed by atoms with Gasteiger partial charge in [0.1, 0.15) is 0 Å². The van der Waals surface area contributed by atoms with E-state index in [1.165, 1.54) is 0 Å². The first-order valence-electron chi connectivity index (χ1n) is 5.73. The van der Waals surface area contributed by atoms with E-state index in [1.54, 1.807) is 49.4 Å². The molecule has 2 aromatic rings. The van der Waals surface area contributed by atoms with Gasteiger partial charge in [-0.1, -0.05) is 36.4 Å². The van der Waals surface area contributed by atoms with Gasteiger partial charge in [-0.2, -0.15) is 0 Å². The molecule has 0 aliphatic heterocycles. The van der Waals surface area contributed by atoms with Crippen molar-refractivity contribution in [3.05, 3.63) is 53.8 Å². The van der Waals surface area contributed by atoms with Gasteiger partial charge in [0.05, 0.1) is 6.61 Å². The summed E-state index contributed by atoms with van der Waals surface area (Å²) in [4.78, 5) is 11.0. The van der Waals surface area contributed by atoms with Gasteiger partial charge in [0.15, 0.2) is 17.9 Å². The first-order valence-corrected chi connectivity index (χ1v) is 5.73. The molecule has 0 saturated carbocycles. The predicted molar refractivity (Wildman–Crippen MR) is 68.4 cm³/mol. The minimum absolute atomic E-state index is 0.204. The summed E-state index contributed by atoms with van der Waals surface area (Å²) in [6, 6.07) is 11.8. The molecule has 2 aromatic carbocycles. The van der Waals surface area contributed by atoms with Crippen molar-refractivity contribution >= 4 is 6.29 Å². The van der Waals surface area contributed by atoms with Crippen molar-refractivity contribution in [2.24, 2.45) is 0 Å². The van der Waals surface area contributed by atoms with E-state index in [4.69, 9.17) is 4.74 Å². The summed E-state index contributed by atoms with van der Waals surface area (Å²) in [5.74, 6) is -0.232. The van der Waals surface area contributed by atoms with E-state index in [0.29, 0.717) is 23.3 Å². The van der Waals surface area contributed by atoms with Gasteiger partial charge in [0.2, 0.25) is 0 Å². The lowest BCUT2D eigenvalue weighted by molar-refractivity contribution is 0.112. The Bertz CT molecular complexity index is 564. The number of ether oxygens (including phenoxy) is 1. The molecule has 0 bridgehead atoms. The normalized spacial score (nSPS) is 10.1. The molecule has 0 saturated heterocycles. The Morgan fingerprint density at radius 2 is 1.83 bits per heavy atom. The predicted octanol–water partition coefficient (Wildman–Crippen LogP) is 3.70. The third kappa shape index (κ3) is 2.25. The molecule has 0 radical (unpaired) electrons. The van der Waals surface area contributed by atoms with Crippen molar-refractivity contribution in [2.45, 2.75) is 6.92 Å². The lowest BCUT2D eigenvalue weighted by Gasteiger charge is -2.10. The van der Waals surface area contributed by atoms with Crippen LogP contribution in [0.15, 0.2) is 42.5 Å². The van der Waals surface area contributed by atoms with E-state index >= 15 is 0 Å². The standard InChI is InChI=1S/C15H13FO2/c1-2-18-14-9-5-8-13(15(14)16)12-7-4-3-6-11(12)10-17/h3-10H,2H2,1H3. The smallest absolute Gasteiger partial charge is 0.172 e. The Morgan fingerprint density at radius 3 is 2.56 bits per heavy atom. The third-order valence-electron chi connectivity index (χ3n) is 2.64. The average molecular weight is 244 g/mol. The molecule has 0 heterocycles. The van der Waals surface area contributed by atoms with Gasteiger partial charge in [-0.3, -0.25) is 4.79 Å². The van der Waals surface area contributed by atoms with Crippen molar-refractivity contribution in [3.8, 4) is 16.9 Å². The molecule has 2 nitrogen and oxygen atoms in total. The lowest BCUT2D eigenvalue weighted by atomic mass is 10.00. The topological polar surface area (TPSA) is 26.3 Å². The molecule has 0 N–H and O–H groups in total. The fourth-order valence-electron chi connectivity index (χ4n) is 1.83. The van der Waals surface area contributed by atoms with Gasteiger partial charge in [-0.15, -0.1) is 0 Å². The molecule has 2 rings (SSSR count). The van der Waals surface area contributed by atoms with Gasteiger partial charge in [-0.05, 0) is 18.6 Å². The van der Waals surface area contributed by atoms with Crippen LogP contribution in [-0.4, -0.2) is 12.9 Å². The highest BCUT2D eigenvalue weighted by Gasteiger charge is 2.13. The van der Waals surface area contributed by atoms with Gasteiger partial charge < -0.3 is 4.74 Å². The summed E-state index contributed by atoms with van der Waals surface area (Å²) in [5, 5.41) is 0. The summed E-state index contributed by atoms with van der Waals surface area (Å²) in [6.07, 6.45) is 0.724. The van der Waals surface area contributed by atoms with Crippen LogP contribution in [0.5, 0.6) is 5.75 Å². The van der Waals surface area contributed by atoms with Gasteiger partial charge in [0, 0.05) is 11.1 Å². The minimum atomic E-state index is -0.436. The Labute approximate surface area is 105 Å². The van der Waals surface area contributed by atoms with Gasteiger partial charge in [0.25, 0.3) is 0 Å². The maximum Gasteiger partial charge on any atom is 0.172 e. The zero-order chi connectivity index (χ0) is 13.0. The highest BCUT2D eigenvalue weighted by Crippen LogP contribution is 2.30. The highest BCUT2D eigenvalue weighted by atomic mass is 19.1. The second-order valence-electron chi connectivity index (χ2n) is 3.76. The molecule has 0 aliphatic carbocycles. The number of hydrogen-bond acceptors (Lipinski definition) is 2. The largest absolute Gasteiger partial charge is 0.491 e. The summed E-state index contributed by atoms with van der Waals surface area (Å²) in [6.45, 7) is 2.20. The Kier molecular flexibility index (Phi) is 3.72. The molecule has 0 aliphatic rings. The van der Waals surface area contributed by atoms with E-state index in [9.17, 15) is 9.18 Å². The average Bonchev–Trinajstić information content (AvgIpc) is 2.41. The van der Waals surface area contributed by atoms with Crippen molar-refractivity contribution < 1.29 is 13.9 Å². The molecule has 92 valence electrons. The molecule has 3 heteroatoms. The number of hydrogen-bond donors (Lipinski definition) is 0. The van der Waals surface area contributed by atoms with E-state index in [1.807, 2.05) is 0 Å². The lowest BCUT2D eigenvalue weighted by Crippen LogP contribution is -1.97. The van der Waals surface area contributed by atoms with Gasteiger partial charge in [-0.25, -0.2) is 4.39 Å². The number of carbonyl (C=O) groups excluding carboxylic acids is 1. The van der Waals surface area contributed by atoms with Crippen LogP contribution in [0.1, 0.15) is 17.3 Å². The first-order chi connectivity index (χ1) is 8.77. The Balaban J connectivity index is 2.57. The van der Waals surface area contributed by atoms with E-state index in [-0.39, 0.29) is 5.75 Å². The first kappa shape index (κ1) is 12.3. The number of rotatable bonds is 4. The molecule has 0 atom stereocenters. The number of carbonyl (C=O) groups is 1. The van der Waals surface area contributed by atoms with Crippen LogP contribution in [0.3, 0.4) is 0 Å². The number of halogens is 1. The molecule has 0 fully saturated rings. The van der Waals surface area contributed by atoms with Crippen molar-refractivity contribution in [2.75, 3.05) is 6.61 Å². The van der Waals surface area contributed by atoms with Crippen LogP contribution in [0.4, 0.5) is 4.39 Å². The molecular weight excluding hydrogens is 231 g/mol. The Morgan fingerprint density at radius 1 is 1.11 bits per heavy atom. The monoisotopic (exact) mass is 244 g/mol. The molecule has 0 spiro atoms. The molecule has 0 unspecified atom stereocenters. The third-order valence-corrected chi connectivity index (χ3v) is 2.64. The van der Waals surface area contributed by atoms with Crippen LogP contribution in [-0.2, 0) is 0 Å². The Hall–Kier alpha value is -2.16. The molecule has 18 heavy (non-hydrogen) atoms. The summed E-state index contributed by atoms with van der Waals surface area (Å²) < 4.78 is 19.4. The van der Waals surface area contributed by atoms with Crippen molar-refractivity contribution in [1.29, 1.82) is 0 Å². The second kappa shape index (κ2) is 5.45. The van der Waals surface area contributed by atoms with Crippen LogP contribution in [0, 0.1) is 5.82 Å². The van der Waals surface area contributed by atoms with Crippen LogP contribution < -0.4 is 4.74 Å². The molecule has 0 aromatic heterocycles. The quantitative estimate of drug-likeness (QED) is 0.766. The fraction of sp³-hybridized carbons (Fsp3) is 0.133. The zero-order valence-corrected chi connectivity index (χ0v) is 10.0. The zero-order valence-electron chi connectivity index (χ0n) is 10.0. The van der Waals surface area contributed by atoms with Crippen molar-refractivity contribution in [1.82, 2.24) is 0 Å². The summed E-state index contributed by atoms with van der Waals surface area (Å²) >= 11 is 0. The highest BCUT2D eigenvalue weighted by molar-refractivity contribution is 5.87. The molecule has 0 amide bonds.